The van der Waals surface area contributed by atoms with E-state index in [0.717, 1.165) is 19.5 Å². The maximum Gasteiger partial charge on any atom is 0.307 e. The average Bonchev–Trinajstić information content (AvgIpc) is 2.72. The molecule has 4 nitrogen and oxygen atoms in total. The molecule has 5 atom stereocenters. The summed E-state index contributed by atoms with van der Waals surface area (Å²) in [6, 6.07) is 0.441. The molecule has 1 aliphatic carbocycles. The van der Waals surface area contributed by atoms with Crippen LogP contribution in [0.2, 0.25) is 0 Å². The predicted octanol–water partition coefficient (Wildman–Crippen LogP) is 1.15. The number of aliphatic carboxylic acids is 1. The molecule has 98 valence electrons. The molecule has 4 heteroatoms. The third-order valence-corrected chi connectivity index (χ3v) is 4.87. The molecule has 0 aromatic heterocycles. The van der Waals surface area contributed by atoms with Crippen molar-refractivity contribution < 1.29 is 9.90 Å². The van der Waals surface area contributed by atoms with Gasteiger partial charge in [0.25, 0.3) is 0 Å². The zero-order valence-electron chi connectivity index (χ0n) is 10.8. The van der Waals surface area contributed by atoms with Crippen LogP contribution < -0.4 is 5.73 Å². The van der Waals surface area contributed by atoms with Gasteiger partial charge in [-0.25, -0.2) is 0 Å². The van der Waals surface area contributed by atoms with Crippen LogP contribution in [-0.2, 0) is 4.79 Å². The van der Waals surface area contributed by atoms with Gasteiger partial charge >= 0.3 is 5.97 Å². The van der Waals surface area contributed by atoms with Crippen LogP contribution in [0, 0.1) is 17.8 Å². The highest BCUT2D eigenvalue weighted by Gasteiger charge is 2.41. The SMILES string of the molecule is CC(C(=O)O)C(C)N1CC2CCCC(N)C2C1. The summed E-state index contributed by atoms with van der Waals surface area (Å²) in [7, 11) is 0. The minimum absolute atomic E-state index is 0.116. The topological polar surface area (TPSA) is 66.6 Å². The Labute approximate surface area is 103 Å². The summed E-state index contributed by atoms with van der Waals surface area (Å²) < 4.78 is 0. The number of rotatable bonds is 3. The standard InChI is InChI=1S/C13H24N2O2/c1-8(13(16)17)9(2)15-6-10-4-3-5-12(14)11(10)7-15/h8-12H,3-7,14H2,1-2H3,(H,16,17). The third kappa shape index (κ3) is 2.47. The molecule has 2 rings (SSSR count). The molecule has 2 aliphatic rings. The molecule has 1 heterocycles. The van der Waals surface area contributed by atoms with E-state index in [1.165, 1.54) is 12.8 Å². The van der Waals surface area contributed by atoms with Gasteiger partial charge in [-0.05, 0) is 31.6 Å². The number of nitrogens with zero attached hydrogens (tertiary/aromatic N) is 1. The van der Waals surface area contributed by atoms with Crippen molar-refractivity contribution in [2.75, 3.05) is 13.1 Å². The van der Waals surface area contributed by atoms with Crippen LogP contribution in [-0.4, -0.2) is 41.1 Å². The summed E-state index contributed by atoms with van der Waals surface area (Å²) in [4.78, 5) is 13.4. The Morgan fingerprint density at radius 2 is 2.06 bits per heavy atom. The molecule has 1 saturated carbocycles. The van der Waals surface area contributed by atoms with Crippen molar-refractivity contribution in [1.82, 2.24) is 4.90 Å². The minimum atomic E-state index is -0.698. The van der Waals surface area contributed by atoms with Crippen molar-refractivity contribution in [3.8, 4) is 0 Å². The number of carboxylic acids is 1. The van der Waals surface area contributed by atoms with Gasteiger partial charge < -0.3 is 10.8 Å². The van der Waals surface area contributed by atoms with E-state index >= 15 is 0 Å². The van der Waals surface area contributed by atoms with E-state index in [4.69, 9.17) is 10.8 Å². The largest absolute Gasteiger partial charge is 0.481 e. The van der Waals surface area contributed by atoms with Crippen LogP contribution >= 0.6 is 0 Å². The smallest absolute Gasteiger partial charge is 0.307 e. The highest BCUT2D eigenvalue weighted by atomic mass is 16.4. The third-order valence-electron chi connectivity index (χ3n) is 4.87. The van der Waals surface area contributed by atoms with E-state index in [9.17, 15) is 4.79 Å². The number of hydrogen-bond donors (Lipinski definition) is 2. The molecule has 0 amide bonds. The van der Waals surface area contributed by atoms with E-state index in [-0.39, 0.29) is 12.0 Å². The summed E-state index contributed by atoms with van der Waals surface area (Å²) in [5, 5.41) is 9.07. The molecule has 0 spiro atoms. The van der Waals surface area contributed by atoms with Crippen LogP contribution in [0.15, 0.2) is 0 Å². The van der Waals surface area contributed by atoms with Gasteiger partial charge in [0.1, 0.15) is 0 Å². The molecule has 1 aliphatic heterocycles. The van der Waals surface area contributed by atoms with Crippen LogP contribution in [0.25, 0.3) is 0 Å². The zero-order valence-corrected chi connectivity index (χ0v) is 10.8. The summed E-state index contributed by atoms with van der Waals surface area (Å²) in [6.07, 6.45) is 3.64. The molecule has 0 aromatic carbocycles. The quantitative estimate of drug-likeness (QED) is 0.776. The van der Waals surface area contributed by atoms with Crippen molar-refractivity contribution in [3.05, 3.63) is 0 Å². The Kier molecular flexibility index (Phi) is 3.73. The Hall–Kier alpha value is -0.610. The highest BCUT2D eigenvalue weighted by molar-refractivity contribution is 5.70. The molecule has 2 fully saturated rings. The second-order valence-electron chi connectivity index (χ2n) is 5.84. The van der Waals surface area contributed by atoms with Gasteiger partial charge in [0.15, 0.2) is 0 Å². The lowest BCUT2D eigenvalue weighted by molar-refractivity contribution is -0.143. The van der Waals surface area contributed by atoms with Crippen LogP contribution in [0.4, 0.5) is 0 Å². The second-order valence-corrected chi connectivity index (χ2v) is 5.84. The van der Waals surface area contributed by atoms with E-state index < -0.39 is 5.97 Å². The highest BCUT2D eigenvalue weighted by Crippen LogP contribution is 2.37. The first-order valence-electron chi connectivity index (χ1n) is 6.73. The molecule has 0 bridgehead atoms. The summed E-state index contributed by atoms with van der Waals surface area (Å²) in [5.74, 6) is 0.289. The molecular weight excluding hydrogens is 216 g/mol. The summed E-state index contributed by atoms with van der Waals surface area (Å²) >= 11 is 0. The van der Waals surface area contributed by atoms with E-state index in [2.05, 4.69) is 4.90 Å². The fraction of sp³-hybridized carbons (Fsp3) is 0.923. The number of carboxylic acid groups (broad SMARTS) is 1. The number of hydrogen-bond acceptors (Lipinski definition) is 3. The number of carbonyl (C=O) groups is 1. The van der Waals surface area contributed by atoms with Gasteiger partial charge in [-0.3, -0.25) is 9.69 Å². The van der Waals surface area contributed by atoms with Crippen LogP contribution in [0.3, 0.4) is 0 Å². The first kappa shape index (κ1) is 12.8. The average molecular weight is 240 g/mol. The monoisotopic (exact) mass is 240 g/mol. The van der Waals surface area contributed by atoms with Crippen LogP contribution in [0.5, 0.6) is 0 Å². The fourth-order valence-electron chi connectivity index (χ4n) is 3.41. The van der Waals surface area contributed by atoms with E-state index in [1.807, 2.05) is 6.92 Å². The first-order valence-corrected chi connectivity index (χ1v) is 6.73. The molecule has 3 N–H and O–H groups in total. The molecule has 1 saturated heterocycles. The lowest BCUT2D eigenvalue weighted by atomic mass is 9.78. The Morgan fingerprint density at radius 3 is 2.65 bits per heavy atom. The first-order chi connectivity index (χ1) is 8.00. The summed E-state index contributed by atoms with van der Waals surface area (Å²) in [5.41, 5.74) is 6.18. The number of nitrogens with two attached hydrogens (primary N) is 1. The Morgan fingerprint density at radius 1 is 1.35 bits per heavy atom. The zero-order chi connectivity index (χ0) is 12.6. The summed E-state index contributed by atoms with van der Waals surface area (Å²) in [6.45, 7) is 5.86. The van der Waals surface area contributed by atoms with Crippen LogP contribution in [0.1, 0.15) is 33.1 Å². The van der Waals surface area contributed by atoms with Gasteiger partial charge in [-0.1, -0.05) is 13.3 Å². The van der Waals surface area contributed by atoms with Gasteiger partial charge in [0, 0.05) is 25.2 Å². The number of fused-ring (bicyclic) bond motifs is 1. The molecule has 0 aromatic rings. The number of likely N-dealkylation sites (tertiary alicyclic amines) is 1. The van der Waals surface area contributed by atoms with E-state index in [0.29, 0.717) is 17.9 Å². The maximum atomic E-state index is 11.0. The van der Waals surface area contributed by atoms with Crippen molar-refractivity contribution in [1.29, 1.82) is 0 Å². The molecular formula is C13H24N2O2. The fourth-order valence-corrected chi connectivity index (χ4v) is 3.41. The Balaban J connectivity index is 1.98. The van der Waals surface area contributed by atoms with Gasteiger partial charge in [-0.2, -0.15) is 0 Å². The maximum absolute atomic E-state index is 11.0. The Bertz CT molecular complexity index is 295. The van der Waals surface area contributed by atoms with Gasteiger partial charge in [0.2, 0.25) is 0 Å². The predicted molar refractivity (Wildman–Crippen MR) is 66.6 cm³/mol. The lowest BCUT2D eigenvalue weighted by Gasteiger charge is -2.30. The van der Waals surface area contributed by atoms with Crippen molar-refractivity contribution in [2.45, 2.75) is 45.2 Å². The van der Waals surface area contributed by atoms with Crippen molar-refractivity contribution in [2.24, 2.45) is 23.5 Å². The normalized spacial score (nSPS) is 37.5. The van der Waals surface area contributed by atoms with E-state index in [1.54, 1.807) is 6.92 Å². The van der Waals surface area contributed by atoms with Crippen molar-refractivity contribution >= 4 is 5.97 Å². The second kappa shape index (κ2) is 4.94. The molecule has 5 unspecified atom stereocenters. The van der Waals surface area contributed by atoms with Gasteiger partial charge in [0.05, 0.1) is 5.92 Å². The van der Waals surface area contributed by atoms with Gasteiger partial charge in [-0.15, -0.1) is 0 Å². The molecule has 0 radical (unpaired) electrons. The van der Waals surface area contributed by atoms with Crippen molar-refractivity contribution in [3.63, 3.8) is 0 Å². The lowest BCUT2D eigenvalue weighted by Crippen LogP contribution is -2.41. The molecule has 17 heavy (non-hydrogen) atoms. The minimum Gasteiger partial charge on any atom is -0.481 e.